The summed E-state index contributed by atoms with van der Waals surface area (Å²) in [6.07, 6.45) is 0. The molecular weight excluding hydrogens is 252 g/mol. The lowest BCUT2D eigenvalue weighted by atomic mass is 10.1. The first kappa shape index (κ1) is 12.0. The van der Waals surface area contributed by atoms with Crippen LogP contribution in [-0.2, 0) is 0 Å². The molecular formula is C13H11ClN2S. The molecule has 0 bridgehead atoms. The Hall–Kier alpha value is -1.50. The third-order valence-electron chi connectivity index (χ3n) is 2.72. The van der Waals surface area contributed by atoms with Crippen molar-refractivity contribution >= 4 is 28.6 Å². The number of thiophene rings is 1. The second kappa shape index (κ2) is 4.40. The molecule has 4 heteroatoms. The summed E-state index contributed by atoms with van der Waals surface area (Å²) in [7, 11) is 0. The normalized spacial score (nSPS) is 10.2. The molecule has 1 heterocycles. The summed E-state index contributed by atoms with van der Waals surface area (Å²) in [5.74, 6) is 0. The van der Waals surface area contributed by atoms with Crippen molar-refractivity contribution < 1.29 is 0 Å². The van der Waals surface area contributed by atoms with E-state index in [0.29, 0.717) is 10.6 Å². The first-order chi connectivity index (χ1) is 8.04. The van der Waals surface area contributed by atoms with Gasteiger partial charge in [-0.05, 0) is 42.7 Å². The van der Waals surface area contributed by atoms with E-state index in [0.717, 1.165) is 26.6 Å². The largest absolute Gasteiger partial charge is 0.397 e. The smallest absolute Gasteiger partial charge is 0.128 e. The number of rotatable bonds is 1. The van der Waals surface area contributed by atoms with Gasteiger partial charge in [0.1, 0.15) is 10.9 Å². The Bertz CT molecular complexity index is 623. The van der Waals surface area contributed by atoms with Crippen molar-refractivity contribution in [2.45, 2.75) is 13.8 Å². The number of anilines is 1. The van der Waals surface area contributed by atoms with Gasteiger partial charge < -0.3 is 5.73 Å². The van der Waals surface area contributed by atoms with E-state index >= 15 is 0 Å². The van der Waals surface area contributed by atoms with Gasteiger partial charge in [0.2, 0.25) is 0 Å². The standard InChI is InChI=1S/C13H11ClN2S/c1-7-5-9(3-4-10(7)14)13-8(2)12(16)11(6-15)17-13/h3-5H,16H2,1-2H3. The first-order valence-electron chi connectivity index (χ1n) is 5.10. The number of benzene rings is 1. The number of nitrogens with two attached hydrogens (primary N) is 1. The molecule has 2 rings (SSSR count). The van der Waals surface area contributed by atoms with E-state index in [1.54, 1.807) is 0 Å². The Labute approximate surface area is 109 Å². The molecule has 0 saturated heterocycles. The molecule has 0 saturated carbocycles. The zero-order valence-corrected chi connectivity index (χ0v) is 11.1. The minimum absolute atomic E-state index is 0.574. The minimum atomic E-state index is 0.574. The van der Waals surface area contributed by atoms with E-state index in [1.165, 1.54) is 11.3 Å². The molecule has 0 fully saturated rings. The zero-order chi connectivity index (χ0) is 12.6. The molecule has 2 nitrogen and oxygen atoms in total. The molecule has 0 aliphatic carbocycles. The van der Waals surface area contributed by atoms with E-state index < -0.39 is 0 Å². The fourth-order valence-electron chi connectivity index (χ4n) is 1.67. The van der Waals surface area contributed by atoms with Crippen molar-refractivity contribution in [3.63, 3.8) is 0 Å². The van der Waals surface area contributed by atoms with Gasteiger partial charge in [0.05, 0.1) is 5.69 Å². The summed E-state index contributed by atoms with van der Waals surface area (Å²) in [5, 5.41) is 9.71. The van der Waals surface area contributed by atoms with Gasteiger partial charge in [-0.25, -0.2) is 0 Å². The highest BCUT2D eigenvalue weighted by molar-refractivity contribution is 7.16. The van der Waals surface area contributed by atoms with Crippen molar-refractivity contribution in [3.8, 4) is 16.5 Å². The monoisotopic (exact) mass is 262 g/mol. The molecule has 0 radical (unpaired) electrons. The van der Waals surface area contributed by atoms with Crippen molar-refractivity contribution in [2.75, 3.05) is 5.73 Å². The van der Waals surface area contributed by atoms with Gasteiger partial charge in [-0.15, -0.1) is 11.3 Å². The summed E-state index contributed by atoms with van der Waals surface area (Å²) < 4.78 is 0. The molecule has 0 atom stereocenters. The van der Waals surface area contributed by atoms with Crippen LogP contribution in [0.2, 0.25) is 5.02 Å². The maximum atomic E-state index is 8.96. The van der Waals surface area contributed by atoms with Crippen LogP contribution >= 0.6 is 22.9 Å². The van der Waals surface area contributed by atoms with Gasteiger partial charge in [0.25, 0.3) is 0 Å². The number of nitriles is 1. The molecule has 1 aromatic carbocycles. The molecule has 0 aliphatic heterocycles. The van der Waals surface area contributed by atoms with Crippen LogP contribution in [0.4, 0.5) is 5.69 Å². The van der Waals surface area contributed by atoms with E-state index in [9.17, 15) is 0 Å². The Morgan fingerprint density at radius 2 is 2.06 bits per heavy atom. The highest BCUT2D eigenvalue weighted by atomic mass is 35.5. The van der Waals surface area contributed by atoms with E-state index in [2.05, 4.69) is 6.07 Å². The van der Waals surface area contributed by atoms with Crippen LogP contribution in [0.5, 0.6) is 0 Å². The van der Waals surface area contributed by atoms with E-state index in [-0.39, 0.29) is 0 Å². The molecule has 1 aromatic heterocycles. The van der Waals surface area contributed by atoms with Crippen molar-refractivity contribution in [1.29, 1.82) is 5.26 Å². The summed E-state index contributed by atoms with van der Waals surface area (Å²) in [6, 6.07) is 7.96. The Kier molecular flexibility index (Phi) is 3.10. The van der Waals surface area contributed by atoms with Crippen LogP contribution in [0.3, 0.4) is 0 Å². The van der Waals surface area contributed by atoms with Crippen LogP contribution in [0, 0.1) is 25.2 Å². The topological polar surface area (TPSA) is 49.8 Å². The highest BCUT2D eigenvalue weighted by Gasteiger charge is 2.13. The summed E-state index contributed by atoms with van der Waals surface area (Å²) in [6.45, 7) is 3.90. The number of aryl methyl sites for hydroxylation is 1. The van der Waals surface area contributed by atoms with Gasteiger partial charge in [0, 0.05) is 9.90 Å². The molecule has 0 unspecified atom stereocenters. The molecule has 2 N–H and O–H groups in total. The Morgan fingerprint density at radius 3 is 2.59 bits per heavy atom. The van der Waals surface area contributed by atoms with Gasteiger partial charge in [-0.3, -0.25) is 0 Å². The molecule has 17 heavy (non-hydrogen) atoms. The second-order valence-electron chi connectivity index (χ2n) is 3.87. The molecule has 0 spiro atoms. The highest BCUT2D eigenvalue weighted by Crippen LogP contribution is 2.38. The lowest BCUT2D eigenvalue weighted by molar-refractivity contribution is 1.46. The number of halogens is 1. The minimum Gasteiger partial charge on any atom is -0.397 e. The maximum absolute atomic E-state index is 8.96. The summed E-state index contributed by atoms with van der Waals surface area (Å²) >= 11 is 7.42. The molecule has 0 aliphatic rings. The van der Waals surface area contributed by atoms with Crippen molar-refractivity contribution in [2.24, 2.45) is 0 Å². The number of hydrogen-bond donors (Lipinski definition) is 1. The second-order valence-corrected chi connectivity index (χ2v) is 5.30. The fourth-order valence-corrected chi connectivity index (χ4v) is 2.81. The van der Waals surface area contributed by atoms with Gasteiger partial charge in [-0.2, -0.15) is 5.26 Å². The lowest BCUT2D eigenvalue weighted by Gasteiger charge is -2.03. The van der Waals surface area contributed by atoms with E-state index in [1.807, 2.05) is 32.0 Å². The van der Waals surface area contributed by atoms with Crippen molar-refractivity contribution in [3.05, 3.63) is 39.2 Å². The Balaban J connectivity index is 2.61. The van der Waals surface area contributed by atoms with Crippen LogP contribution < -0.4 is 5.73 Å². The third kappa shape index (κ3) is 2.02. The molecule has 2 aromatic rings. The SMILES string of the molecule is Cc1cc(-c2sc(C#N)c(N)c2C)ccc1Cl. The van der Waals surface area contributed by atoms with Gasteiger partial charge in [-0.1, -0.05) is 17.7 Å². The van der Waals surface area contributed by atoms with Gasteiger partial charge >= 0.3 is 0 Å². The average Bonchev–Trinajstić information content (AvgIpc) is 2.60. The predicted molar refractivity (Wildman–Crippen MR) is 73.4 cm³/mol. The van der Waals surface area contributed by atoms with Crippen LogP contribution in [0.25, 0.3) is 10.4 Å². The molecule has 0 amide bonds. The first-order valence-corrected chi connectivity index (χ1v) is 6.29. The quantitative estimate of drug-likeness (QED) is 0.840. The zero-order valence-electron chi connectivity index (χ0n) is 9.54. The number of nitrogen functional groups attached to an aromatic ring is 1. The maximum Gasteiger partial charge on any atom is 0.128 e. The summed E-state index contributed by atoms with van der Waals surface area (Å²) in [5.41, 5.74) is 9.51. The van der Waals surface area contributed by atoms with Crippen molar-refractivity contribution in [1.82, 2.24) is 0 Å². The molecule has 86 valence electrons. The van der Waals surface area contributed by atoms with Crippen LogP contribution in [0.15, 0.2) is 18.2 Å². The number of hydrogen-bond acceptors (Lipinski definition) is 3. The summed E-state index contributed by atoms with van der Waals surface area (Å²) in [4.78, 5) is 1.61. The Morgan fingerprint density at radius 1 is 1.35 bits per heavy atom. The lowest BCUT2D eigenvalue weighted by Crippen LogP contribution is -1.87. The fraction of sp³-hybridized carbons (Fsp3) is 0.154. The average molecular weight is 263 g/mol. The van der Waals surface area contributed by atoms with Crippen LogP contribution in [0.1, 0.15) is 16.0 Å². The predicted octanol–water partition coefficient (Wildman–Crippen LogP) is 4.14. The number of nitrogens with zero attached hydrogens (tertiary/aromatic N) is 1. The van der Waals surface area contributed by atoms with Gasteiger partial charge in [0.15, 0.2) is 0 Å². The third-order valence-corrected chi connectivity index (χ3v) is 4.40. The van der Waals surface area contributed by atoms with Crippen LogP contribution in [-0.4, -0.2) is 0 Å². The van der Waals surface area contributed by atoms with E-state index in [4.69, 9.17) is 22.6 Å².